The van der Waals surface area contributed by atoms with E-state index >= 15 is 0 Å². The Balaban J connectivity index is 2.21. The number of nitrogens with one attached hydrogen (secondary N) is 1. The van der Waals surface area contributed by atoms with Gasteiger partial charge in [-0.05, 0) is 24.0 Å². The Hall–Kier alpha value is -0.870. The molecule has 100 valence electrons. The molecule has 0 spiro atoms. The monoisotopic (exact) mass is 267 g/mol. The molecule has 1 heterocycles. The lowest BCUT2D eigenvalue weighted by molar-refractivity contribution is 0.468. The van der Waals surface area contributed by atoms with E-state index in [1.807, 2.05) is 19.1 Å². The Morgan fingerprint density at radius 3 is 2.28 bits per heavy atom. The third-order valence-electron chi connectivity index (χ3n) is 3.42. The van der Waals surface area contributed by atoms with Gasteiger partial charge in [0.1, 0.15) is 0 Å². The lowest BCUT2D eigenvalue weighted by Gasteiger charge is -2.29. The van der Waals surface area contributed by atoms with Crippen molar-refractivity contribution in [1.29, 1.82) is 0 Å². The van der Waals surface area contributed by atoms with Crippen LogP contribution in [0.3, 0.4) is 0 Å². The summed E-state index contributed by atoms with van der Waals surface area (Å²) in [6.07, 6.45) is 0. The molecule has 0 saturated carbocycles. The average Bonchev–Trinajstić information content (AvgIpc) is 2.26. The van der Waals surface area contributed by atoms with Gasteiger partial charge in [-0.1, -0.05) is 38.1 Å². The average molecular weight is 267 g/mol. The predicted molar refractivity (Wildman–Crippen MR) is 74.5 cm³/mol. The summed E-state index contributed by atoms with van der Waals surface area (Å²) < 4.78 is 23.6. The van der Waals surface area contributed by atoms with Crippen LogP contribution < -0.4 is 5.32 Å². The maximum absolute atomic E-state index is 11.8. The van der Waals surface area contributed by atoms with Crippen LogP contribution in [0, 0.1) is 0 Å². The second-order valence-corrected chi connectivity index (χ2v) is 7.67. The highest BCUT2D eigenvalue weighted by molar-refractivity contribution is 7.91. The molecule has 1 aliphatic heterocycles. The van der Waals surface area contributed by atoms with Crippen LogP contribution in [-0.2, 0) is 9.84 Å². The van der Waals surface area contributed by atoms with Crippen molar-refractivity contribution in [3.05, 3.63) is 35.4 Å². The van der Waals surface area contributed by atoms with Crippen LogP contribution in [0.2, 0.25) is 0 Å². The van der Waals surface area contributed by atoms with Gasteiger partial charge in [0.25, 0.3) is 0 Å². The van der Waals surface area contributed by atoms with Gasteiger partial charge >= 0.3 is 0 Å². The fraction of sp³-hybridized carbons (Fsp3) is 0.571. The molecule has 1 saturated heterocycles. The van der Waals surface area contributed by atoms with Crippen LogP contribution in [0.25, 0.3) is 0 Å². The van der Waals surface area contributed by atoms with Crippen LogP contribution in [0.5, 0.6) is 0 Å². The second-order valence-electron chi connectivity index (χ2n) is 5.52. The number of hydrogen-bond acceptors (Lipinski definition) is 3. The number of rotatable bonds is 2. The highest BCUT2D eigenvalue weighted by Gasteiger charge is 2.29. The van der Waals surface area contributed by atoms with E-state index in [0.29, 0.717) is 5.92 Å². The first-order valence-electron chi connectivity index (χ1n) is 6.44. The summed E-state index contributed by atoms with van der Waals surface area (Å²) in [7, 11) is -2.92. The molecule has 2 rings (SSSR count). The SMILES string of the molecule is CC1CS(=O)(=O)CC(c2ccc(C(C)C)cc2)N1. The first kappa shape index (κ1) is 13.6. The molecule has 0 aromatic heterocycles. The molecule has 18 heavy (non-hydrogen) atoms. The van der Waals surface area contributed by atoms with Crippen molar-refractivity contribution >= 4 is 9.84 Å². The second kappa shape index (κ2) is 5.02. The van der Waals surface area contributed by atoms with Gasteiger partial charge in [0, 0.05) is 12.1 Å². The molecular formula is C14H21NO2S. The molecule has 0 aliphatic carbocycles. The zero-order chi connectivity index (χ0) is 13.3. The molecule has 3 nitrogen and oxygen atoms in total. The van der Waals surface area contributed by atoms with E-state index in [-0.39, 0.29) is 23.6 Å². The van der Waals surface area contributed by atoms with Crippen molar-refractivity contribution in [1.82, 2.24) is 5.32 Å². The van der Waals surface area contributed by atoms with E-state index in [2.05, 4.69) is 31.3 Å². The van der Waals surface area contributed by atoms with Crippen molar-refractivity contribution in [2.45, 2.75) is 38.8 Å². The van der Waals surface area contributed by atoms with Crippen molar-refractivity contribution < 1.29 is 8.42 Å². The topological polar surface area (TPSA) is 46.2 Å². The van der Waals surface area contributed by atoms with Crippen LogP contribution >= 0.6 is 0 Å². The summed E-state index contributed by atoms with van der Waals surface area (Å²) in [5.41, 5.74) is 2.35. The first-order chi connectivity index (χ1) is 8.37. The van der Waals surface area contributed by atoms with Gasteiger partial charge in [0.05, 0.1) is 11.5 Å². The van der Waals surface area contributed by atoms with Crippen molar-refractivity contribution in [3.8, 4) is 0 Å². The van der Waals surface area contributed by atoms with Crippen LogP contribution in [0.15, 0.2) is 24.3 Å². The van der Waals surface area contributed by atoms with Crippen LogP contribution in [-0.4, -0.2) is 26.0 Å². The third-order valence-corrected chi connectivity index (χ3v) is 5.26. The van der Waals surface area contributed by atoms with Gasteiger partial charge < -0.3 is 5.32 Å². The minimum absolute atomic E-state index is 0.0264. The Kier molecular flexibility index (Phi) is 3.78. The molecule has 0 amide bonds. The standard InChI is InChI=1S/C14H21NO2S/c1-10(2)12-4-6-13(7-5-12)14-9-18(16,17)8-11(3)15-14/h4-7,10-11,14-15H,8-9H2,1-3H3. The minimum atomic E-state index is -2.92. The molecule has 1 N–H and O–H groups in total. The molecule has 0 radical (unpaired) electrons. The van der Waals surface area contributed by atoms with Gasteiger partial charge in [0.2, 0.25) is 0 Å². The molecular weight excluding hydrogens is 246 g/mol. The van der Waals surface area contributed by atoms with E-state index in [1.54, 1.807) is 0 Å². The predicted octanol–water partition coefficient (Wildman–Crippen LogP) is 2.26. The van der Waals surface area contributed by atoms with Crippen molar-refractivity contribution in [2.24, 2.45) is 0 Å². The minimum Gasteiger partial charge on any atom is -0.306 e. The quantitative estimate of drug-likeness (QED) is 0.894. The Morgan fingerprint density at radius 1 is 1.17 bits per heavy atom. The Morgan fingerprint density at radius 2 is 1.78 bits per heavy atom. The molecule has 4 heteroatoms. The van der Waals surface area contributed by atoms with E-state index in [1.165, 1.54) is 5.56 Å². The fourth-order valence-electron chi connectivity index (χ4n) is 2.45. The highest BCUT2D eigenvalue weighted by atomic mass is 32.2. The zero-order valence-corrected chi connectivity index (χ0v) is 12.0. The van der Waals surface area contributed by atoms with Gasteiger partial charge in [-0.2, -0.15) is 0 Å². The van der Waals surface area contributed by atoms with Crippen molar-refractivity contribution in [3.63, 3.8) is 0 Å². The zero-order valence-electron chi connectivity index (χ0n) is 11.2. The maximum Gasteiger partial charge on any atom is 0.153 e. The van der Waals surface area contributed by atoms with Gasteiger partial charge in [0.15, 0.2) is 9.84 Å². The molecule has 1 aromatic carbocycles. The summed E-state index contributed by atoms with van der Waals surface area (Å²) >= 11 is 0. The normalized spacial score (nSPS) is 27.3. The largest absolute Gasteiger partial charge is 0.306 e. The smallest absolute Gasteiger partial charge is 0.153 e. The van der Waals surface area contributed by atoms with Crippen molar-refractivity contribution in [2.75, 3.05) is 11.5 Å². The first-order valence-corrected chi connectivity index (χ1v) is 8.26. The summed E-state index contributed by atoms with van der Waals surface area (Å²) in [5.74, 6) is 0.951. The van der Waals surface area contributed by atoms with E-state index < -0.39 is 9.84 Å². The highest BCUT2D eigenvalue weighted by Crippen LogP contribution is 2.23. The van der Waals surface area contributed by atoms with Crippen LogP contribution in [0.1, 0.15) is 43.9 Å². The molecule has 1 aliphatic rings. The van der Waals surface area contributed by atoms with Crippen LogP contribution in [0.4, 0.5) is 0 Å². The maximum atomic E-state index is 11.8. The number of sulfone groups is 1. The van der Waals surface area contributed by atoms with E-state index in [4.69, 9.17) is 0 Å². The molecule has 2 unspecified atom stereocenters. The molecule has 1 fully saturated rings. The summed E-state index contributed by atoms with van der Waals surface area (Å²) in [5, 5.41) is 3.36. The van der Waals surface area contributed by atoms with Gasteiger partial charge in [-0.15, -0.1) is 0 Å². The van der Waals surface area contributed by atoms with Gasteiger partial charge in [-0.25, -0.2) is 8.42 Å². The molecule has 2 atom stereocenters. The Bertz CT molecular complexity index is 505. The number of hydrogen-bond donors (Lipinski definition) is 1. The Labute approximate surface area is 110 Å². The van der Waals surface area contributed by atoms with Gasteiger partial charge in [-0.3, -0.25) is 0 Å². The summed E-state index contributed by atoms with van der Waals surface area (Å²) in [6.45, 7) is 6.23. The fourth-order valence-corrected chi connectivity index (χ4v) is 4.24. The lowest BCUT2D eigenvalue weighted by Crippen LogP contribution is -2.45. The van der Waals surface area contributed by atoms with E-state index in [0.717, 1.165) is 5.56 Å². The molecule has 0 bridgehead atoms. The molecule has 1 aromatic rings. The number of benzene rings is 1. The summed E-state index contributed by atoms with van der Waals surface area (Å²) in [6, 6.07) is 8.22. The summed E-state index contributed by atoms with van der Waals surface area (Å²) in [4.78, 5) is 0. The van der Waals surface area contributed by atoms with E-state index in [9.17, 15) is 8.42 Å². The third kappa shape index (κ3) is 3.12. The lowest BCUT2D eigenvalue weighted by atomic mass is 9.99.